The zero-order valence-corrected chi connectivity index (χ0v) is 20.0. The van der Waals surface area contributed by atoms with Crippen molar-refractivity contribution in [2.75, 3.05) is 21.1 Å². The highest BCUT2D eigenvalue weighted by atomic mass is 127. The Hall–Kier alpha value is -1.36. The number of benzene rings is 2. The van der Waals surface area contributed by atoms with Crippen molar-refractivity contribution in [2.45, 2.75) is 18.8 Å². The number of nitrogens with one attached hydrogen (secondary N) is 2. The number of nitrogens with zero attached hydrogens (tertiary/aromatic N) is 2. The summed E-state index contributed by atoms with van der Waals surface area (Å²) in [6.45, 7) is 1.22. The average molecular weight is 537 g/mol. The van der Waals surface area contributed by atoms with Gasteiger partial charge in [0, 0.05) is 32.2 Å². The van der Waals surface area contributed by atoms with Crippen molar-refractivity contribution in [2.24, 2.45) is 4.99 Å². The molecular weight excluding hydrogens is 511 g/mol. The Morgan fingerprint density at radius 2 is 1.71 bits per heavy atom. The Balaban J connectivity index is 0.00000392. The van der Waals surface area contributed by atoms with E-state index in [0.29, 0.717) is 13.1 Å². The molecule has 0 aromatic heterocycles. The Labute approximate surface area is 189 Å². The van der Waals surface area contributed by atoms with E-state index in [9.17, 15) is 8.42 Å². The summed E-state index contributed by atoms with van der Waals surface area (Å²) in [5.41, 5.74) is 2.81. The van der Waals surface area contributed by atoms with Gasteiger partial charge in [-0.15, -0.1) is 24.0 Å². The van der Waals surface area contributed by atoms with Crippen molar-refractivity contribution in [1.82, 2.24) is 14.9 Å². The monoisotopic (exact) mass is 536 g/mol. The maximum absolute atomic E-state index is 11.6. The number of halogens is 2. The van der Waals surface area contributed by atoms with E-state index in [-0.39, 0.29) is 29.7 Å². The molecule has 0 heterocycles. The summed E-state index contributed by atoms with van der Waals surface area (Å²) in [4.78, 5) is 6.30. The highest BCUT2D eigenvalue weighted by Gasteiger charge is 2.10. The SMILES string of the molecule is CN=C(NCc1ccc(CS(=O)(=O)NC)cc1)N(C)Cc1ccccc1Cl.I. The van der Waals surface area contributed by atoms with Crippen molar-refractivity contribution >= 4 is 51.6 Å². The molecule has 0 saturated carbocycles. The molecule has 0 aliphatic heterocycles. The molecule has 154 valence electrons. The van der Waals surface area contributed by atoms with Gasteiger partial charge in [-0.1, -0.05) is 54.1 Å². The quantitative estimate of drug-likeness (QED) is 0.324. The zero-order valence-electron chi connectivity index (χ0n) is 16.1. The second kappa shape index (κ2) is 11.6. The first-order valence-electron chi connectivity index (χ1n) is 8.49. The molecule has 9 heteroatoms. The van der Waals surface area contributed by atoms with Crippen molar-refractivity contribution in [3.8, 4) is 0 Å². The molecule has 0 radical (unpaired) electrons. The molecule has 2 rings (SSSR count). The third-order valence-corrected chi connectivity index (χ3v) is 5.78. The van der Waals surface area contributed by atoms with Crippen LogP contribution in [-0.2, 0) is 28.9 Å². The van der Waals surface area contributed by atoms with E-state index < -0.39 is 10.0 Å². The smallest absolute Gasteiger partial charge is 0.215 e. The highest BCUT2D eigenvalue weighted by Crippen LogP contribution is 2.16. The first-order chi connectivity index (χ1) is 12.8. The minimum Gasteiger partial charge on any atom is -0.352 e. The maximum Gasteiger partial charge on any atom is 0.215 e. The fourth-order valence-electron chi connectivity index (χ4n) is 2.57. The Morgan fingerprint density at radius 3 is 2.29 bits per heavy atom. The van der Waals surface area contributed by atoms with Crippen molar-refractivity contribution in [3.63, 3.8) is 0 Å². The van der Waals surface area contributed by atoms with E-state index in [1.54, 1.807) is 7.05 Å². The molecule has 0 fully saturated rings. The van der Waals surface area contributed by atoms with Gasteiger partial charge in [0.25, 0.3) is 0 Å². The molecule has 28 heavy (non-hydrogen) atoms. The summed E-state index contributed by atoms with van der Waals surface area (Å²) in [7, 11) is 1.84. The van der Waals surface area contributed by atoms with E-state index in [4.69, 9.17) is 11.6 Å². The average Bonchev–Trinajstić information content (AvgIpc) is 2.65. The number of guanidine groups is 1. The van der Waals surface area contributed by atoms with Crippen LogP contribution in [0.3, 0.4) is 0 Å². The third-order valence-electron chi connectivity index (χ3n) is 4.08. The zero-order chi connectivity index (χ0) is 19.9. The summed E-state index contributed by atoms with van der Waals surface area (Å²) in [5.74, 6) is 0.719. The number of sulfonamides is 1. The lowest BCUT2D eigenvalue weighted by molar-refractivity contribution is 0.476. The molecule has 0 saturated heterocycles. The highest BCUT2D eigenvalue weighted by molar-refractivity contribution is 14.0. The van der Waals surface area contributed by atoms with Gasteiger partial charge in [-0.3, -0.25) is 4.99 Å². The minimum absolute atomic E-state index is 0. The van der Waals surface area contributed by atoms with Gasteiger partial charge < -0.3 is 10.2 Å². The van der Waals surface area contributed by atoms with E-state index >= 15 is 0 Å². The summed E-state index contributed by atoms with van der Waals surface area (Å²) in [6.07, 6.45) is 0. The first kappa shape index (κ1) is 24.7. The number of hydrogen-bond donors (Lipinski definition) is 2. The van der Waals surface area contributed by atoms with Crippen LogP contribution in [0.25, 0.3) is 0 Å². The molecule has 2 aromatic carbocycles. The van der Waals surface area contributed by atoms with E-state index in [2.05, 4.69) is 15.0 Å². The predicted molar refractivity (Wildman–Crippen MR) is 127 cm³/mol. The number of rotatable bonds is 7. The van der Waals surface area contributed by atoms with Crippen molar-refractivity contribution in [1.29, 1.82) is 0 Å². The largest absolute Gasteiger partial charge is 0.352 e. The molecule has 0 aliphatic carbocycles. The van der Waals surface area contributed by atoms with Gasteiger partial charge >= 0.3 is 0 Å². The van der Waals surface area contributed by atoms with Crippen LogP contribution < -0.4 is 10.0 Å². The molecule has 0 amide bonds. The number of aliphatic imine (C=N–C) groups is 1. The van der Waals surface area contributed by atoms with Gasteiger partial charge in [-0.05, 0) is 29.8 Å². The lowest BCUT2D eigenvalue weighted by Crippen LogP contribution is -2.38. The molecule has 0 bridgehead atoms. The Morgan fingerprint density at radius 1 is 1.11 bits per heavy atom. The van der Waals surface area contributed by atoms with Crippen LogP contribution in [0, 0.1) is 0 Å². The van der Waals surface area contributed by atoms with Crippen LogP contribution in [-0.4, -0.2) is 40.4 Å². The second-order valence-corrected chi connectivity index (χ2v) is 8.46. The van der Waals surface area contributed by atoms with Crippen LogP contribution in [0.15, 0.2) is 53.5 Å². The summed E-state index contributed by atoms with van der Waals surface area (Å²) >= 11 is 6.23. The van der Waals surface area contributed by atoms with E-state index in [0.717, 1.165) is 27.7 Å². The standard InChI is InChI=1S/C19H25ClN4O2S.HI/c1-21-19(24(3)13-17-6-4-5-7-18(17)20)23-12-15-8-10-16(11-9-15)14-27(25,26)22-2;/h4-11,22H,12-14H2,1-3H3,(H,21,23);1H. The van der Waals surface area contributed by atoms with Gasteiger partial charge in [-0.25, -0.2) is 13.1 Å². The van der Waals surface area contributed by atoms with Gasteiger partial charge in [0.1, 0.15) is 0 Å². The van der Waals surface area contributed by atoms with Crippen LogP contribution in [0.2, 0.25) is 5.02 Å². The minimum atomic E-state index is -3.26. The van der Waals surface area contributed by atoms with Crippen LogP contribution in [0.5, 0.6) is 0 Å². The normalized spacial score (nSPS) is 11.6. The van der Waals surface area contributed by atoms with Crippen LogP contribution in [0.1, 0.15) is 16.7 Å². The van der Waals surface area contributed by atoms with Crippen molar-refractivity contribution < 1.29 is 8.42 Å². The van der Waals surface area contributed by atoms with Crippen LogP contribution in [0.4, 0.5) is 0 Å². The molecule has 2 N–H and O–H groups in total. The molecule has 2 aromatic rings. The lowest BCUT2D eigenvalue weighted by Gasteiger charge is -2.22. The summed E-state index contributed by atoms with van der Waals surface area (Å²) in [6, 6.07) is 15.2. The maximum atomic E-state index is 11.6. The molecule has 0 spiro atoms. The van der Waals surface area contributed by atoms with Crippen molar-refractivity contribution in [3.05, 3.63) is 70.2 Å². The topological polar surface area (TPSA) is 73.8 Å². The molecule has 0 aliphatic rings. The van der Waals surface area contributed by atoms with Gasteiger partial charge in [0.2, 0.25) is 10.0 Å². The van der Waals surface area contributed by atoms with E-state index in [1.807, 2.05) is 60.5 Å². The summed E-state index contributed by atoms with van der Waals surface area (Å²) in [5, 5.41) is 4.03. The fourth-order valence-corrected chi connectivity index (χ4v) is 3.54. The van der Waals surface area contributed by atoms with Crippen LogP contribution >= 0.6 is 35.6 Å². The Kier molecular flexibility index (Phi) is 10.2. The molecule has 0 atom stereocenters. The lowest BCUT2D eigenvalue weighted by atomic mass is 10.1. The van der Waals surface area contributed by atoms with E-state index in [1.165, 1.54) is 7.05 Å². The predicted octanol–water partition coefficient (Wildman–Crippen LogP) is 3.21. The number of hydrogen-bond acceptors (Lipinski definition) is 3. The Bertz CT molecular complexity index is 889. The fraction of sp³-hybridized carbons (Fsp3) is 0.316. The molecule has 0 unspecified atom stereocenters. The van der Waals surface area contributed by atoms with Gasteiger partial charge in [-0.2, -0.15) is 0 Å². The molecular formula is C19H26ClIN4O2S. The van der Waals surface area contributed by atoms with Gasteiger partial charge in [0.05, 0.1) is 5.75 Å². The summed E-state index contributed by atoms with van der Waals surface area (Å²) < 4.78 is 25.5. The van der Waals surface area contributed by atoms with Gasteiger partial charge in [0.15, 0.2) is 5.96 Å². The second-order valence-electron chi connectivity index (χ2n) is 6.13. The first-order valence-corrected chi connectivity index (χ1v) is 10.5. The third kappa shape index (κ3) is 7.57. The molecule has 6 nitrogen and oxygen atoms in total.